The predicted octanol–water partition coefficient (Wildman–Crippen LogP) is 3.04. The molecule has 1 aliphatic carbocycles. The van der Waals surface area contributed by atoms with Gasteiger partial charge in [0.2, 0.25) is 17.7 Å². The number of aldehydes is 1. The van der Waals surface area contributed by atoms with Crippen molar-refractivity contribution in [2.45, 2.75) is 95.4 Å². The van der Waals surface area contributed by atoms with Crippen LogP contribution in [0.5, 0.6) is 0 Å². The van der Waals surface area contributed by atoms with Crippen molar-refractivity contribution in [2.24, 2.45) is 5.92 Å². The van der Waals surface area contributed by atoms with Gasteiger partial charge in [-0.05, 0) is 55.7 Å². The Morgan fingerprint density at radius 3 is 2.44 bits per heavy atom. The maximum atomic E-state index is 13.7. The second-order valence-electron chi connectivity index (χ2n) is 11.1. The second kappa shape index (κ2) is 14.2. The average molecular weight is 563 g/mol. The number of halogens is 1. The molecular weight excluding hydrogens is 520 g/mol. The molecule has 3 fully saturated rings. The Bertz CT molecular complexity index is 990. The second-order valence-corrected chi connectivity index (χ2v) is 11.1. The van der Waals surface area contributed by atoms with Gasteiger partial charge in [0.05, 0.1) is 12.5 Å². The normalized spacial score (nSPS) is 22.6. The fourth-order valence-electron chi connectivity index (χ4n) is 6.28. The van der Waals surface area contributed by atoms with Gasteiger partial charge in [-0.2, -0.15) is 0 Å². The standard InChI is InChI=1S/C29H42N4O5.ClH/c1-2-3-16-33-27(37)25(26(36)22-7-5-4-6-8-22)31-28(38)29(33)14-17-32(18-15-29)20-21-9-11-23(12-10-21)30-24(35)13-19-34;/h9-12,19,22,25-26,36H,2-8,13-18,20H2,1H3,(H,30,35)(H,31,38);1H/t25-,26-;/m1./s1. The SMILES string of the molecule is CCCCN1C(=O)[C@@H]([C@H](O)C2CCCCC2)NC(=O)C12CCN(Cc1ccc(NC(=O)CC=O)cc1)CC2.Cl. The minimum Gasteiger partial charge on any atom is -0.390 e. The zero-order valence-corrected chi connectivity index (χ0v) is 23.7. The molecule has 10 heteroatoms. The molecule has 216 valence electrons. The number of piperidine rings is 1. The number of unbranched alkanes of at least 4 members (excludes halogenated alkanes) is 1. The Kier molecular flexibility index (Phi) is 11.3. The molecule has 3 amide bonds. The number of anilines is 1. The van der Waals surface area contributed by atoms with E-state index in [4.69, 9.17) is 0 Å². The molecule has 0 aromatic heterocycles. The topological polar surface area (TPSA) is 119 Å². The van der Waals surface area contributed by atoms with Gasteiger partial charge in [-0.1, -0.05) is 44.7 Å². The number of carbonyl (C=O) groups is 4. The number of benzene rings is 1. The number of rotatable bonds is 10. The van der Waals surface area contributed by atoms with Crippen molar-refractivity contribution in [1.29, 1.82) is 0 Å². The molecule has 1 aromatic rings. The fourth-order valence-corrected chi connectivity index (χ4v) is 6.28. The number of carbonyl (C=O) groups excluding carboxylic acids is 4. The molecule has 0 bridgehead atoms. The van der Waals surface area contributed by atoms with Crippen molar-refractivity contribution >= 4 is 42.1 Å². The van der Waals surface area contributed by atoms with E-state index in [0.717, 1.165) is 44.1 Å². The Labute approximate surface area is 237 Å². The number of nitrogens with one attached hydrogen (secondary N) is 2. The zero-order valence-electron chi connectivity index (χ0n) is 22.9. The van der Waals surface area contributed by atoms with Gasteiger partial charge in [-0.25, -0.2) is 0 Å². The van der Waals surface area contributed by atoms with Gasteiger partial charge >= 0.3 is 0 Å². The molecule has 3 aliphatic rings. The molecule has 39 heavy (non-hydrogen) atoms. The van der Waals surface area contributed by atoms with Gasteiger partial charge in [0.1, 0.15) is 17.9 Å². The van der Waals surface area contributed by atoms with Crippen LogP contribution in [-0.2, 0) is 25.7 Å². The third kappa shape index (κ3) is 7.18. The van der Waals surface area contributed by atoms with Crippen LogP contribution < -0.4 is 10.6 Å². The number of hydrogen-bond donors (Lipinski definition) is 3. The largest absolute Gasteiger partial charge is 0.390 e. The minimum absolute atomic E-state index is 0. The molecule has 2 atom stereocenters. The summed E-state index contributed by atoms with van der Waals surface area (Å²) < 4.78 is 0. The van der Waals surface area contributed by atoms with Crippen LogP contribution in [0.15, 0.2) is 24.3 Å². The third-order valence-electron chi connectivity index (χ3n) is 8.56. The lowest BCUT2D eigenvalue weighted by Gasteiger charge is -2.52. The Hall–Kier alpha value is -2.49. The molecule has 2 saturated heterocycles. The lowest BCUT2D eigenvalue weighted by Crippen LogP contribution is -2.75. The molecule has 2 aliphatic heterocycles. The predicted molar refractivity (Wildman–Crippen MR) is 151 cm³/mol. The molecule has 3 N–H and O–H groups in total. The first kappa shape index (κ1) is 31.0. The van der Waals surface area contributed by atoms with Gasteiger partial charge in [-0.15, -0.1) is 12.4 Å². The highest BCUT2D eigenvalue weighted by Crippen LogP contribution is 2.36. The molecule has 1 aromatic carbocycles. The van der Waals surface area contributed by atoms with Crippen molar-refractivity contribution in [3.05, 3.63) is 29.8 Å². The molecular formula is C29H43ClN4O5. The third-order valence-corrected chi connectivity index (χ3v) is 8.56. The van der Waals surface area contributed by atoms with Gasteiger partial charge < -0.3 is 25.4 Å². The summed E-state index contributed by atoms with van der Waals surface area (Å²) in [7, 11) is 0. The maximum Gasteiger partial charge on any atom is 0.248 e. The summed E-state index contributed by atoms with van der Waals surface area (Å²) in [6, 6.07) is 6.68. The monoisotopic (exact) mass is 562 g/mol. The van der Waals surface area contributed by atoms with Crippen molar-refractivity contribution in [3.63, 3.8) is 0 Å². The van der Waals surface area contributed by atoms with Crippen molar-refractivity contribution in [2.75, 3.05) is 25.0 Å². The highest BCUT2D eigenvalue weighted by atomic mass is 35.5. The Balaban J connectivity index is 0.00000420. The minimum atomic E-state index is -0.863. The van der Waals surface area contributed by atoms with Gasteiger partial charge in [0.25, 0.3) is 0 Å². The van der Waals surface area contributed by atoms with Gasteiger partial charge in [0, 0.05) is 31.9 Å². The van der Waals surface area contributed by atoms with Gasteiger partial charge in [-0.3, -0.25) is 19.3 Å². The van der Waals surface area contributed by atoms with E-state index in [2.05, 4.69) is 22.5 Å². The molecule has 2 heterocycles. The zero-order chi connectivity index (χ0) is 27.1. The summed E-state index contributed by atoms with van der Waals surface area (Å²) in [5, 5.41) is 16.8. The number of hydrogen-bond acceptors (Lipinski definition) is 6. The van der Waals surface area contributed by atoms with Crippen LogP contribution in [0, 0.1) is 5.92 Å². The van der Waals surface area contributed by atoms with Crippen molar-refractivity contribution in [3.8, 4) is 0 Å². The smallest absolute Gasteiger partial charge is 0.248 e. The van der Waals surface area contributed by atoms with E-state index in [9.17, 15) is 24.3 Å². The number of nitrogens with zero attached hydrogens (tertiary/aromatic N) is 2. The Morgan fingerprint density at radius 2 is 1.82 bits per heavy atom. The number of amides is 3. The Morgan fingerprint density at radius 1 is 1.15 bits per heavy atom. The number of aliphatic hydroxyl groups is 1. The van der Waals surface area contributed by atoms with E-state index < -0.39 is 17.7 Å². The fraction of sp³-hybridized carbons (Fsp3) is 0.655. The molecule has 0 radical (unpaired) electrons. The highest BCUT2D eigenvalue weighted by molar-refractivity contribution is 6.00. The van der Waals surface area contributed by atoms with Crippen LogP contribution in [0.3, 0.4) is 0 Å². The van der Waals surface area contributed by atoms with Gasteiger partial charge in [0.15, 0.2) is 0 Å². The summed E-state index contributed by atoms with van der Waals surface area (Å²) in [6.07, 6.45) is 7.55. The van der Waals surface area contributed by atoms with Crippen molar-refractivity contribution < 1.29 is 24.3 Å². The summed E-state index contributed by atoms with van der Waals surface area (Å²) in [5.41, 5.74) is 0.863. The van der Waals surface area contributed by atoms with E-state index >= 15 is 0 Å². The molecule has 0 unspecified atom stereocenters. The van der Waals surface area contributed by atoms with Crippen LogP contribution >= 0.6 is 12.4 Å². The van der Waals surface area contributed by atoms with E-state index in [1.807, 2.05) is 24.3 Å². The molecule has 4 rings (SSSR count). The average Bonchev–Trinajstić information content (AvgIpc) is 2.93. The van der Waals surface area contributed by atoms with Crippen LogP contribution in [0.1, 0.15) is 76.7 Å². The lowest BCUT2D eigenvalue weighted by atomic mass is 9.78. The van der Waals surface area contributed by atoms with Crippen LogP contribution in [0.25, 0.3) is 0 Å². The first-order chi connectivity index (χ1) is 18.4. The number of aliphatic hydroxyl groups excluding tert-OH is 1. The molecule has 1 saturated carbocycles. The van der Waals surface area contributed by atoms with E-state index in [1.165, 1.54) is 6.42 Å². The summed E-state index contributed by atoms with van der Waals surface area (Å²) >= 11 is 0. The quantitative estimate of drug-likeness (QED) is 0.298. The maximum absolute atomic E-state index is 13.7. The first-order valence-electron chi connectivity index (χ1n) is 14.2. The number of likely N-dealkylation sites (tertiary alicyclic amines) is 1. The first-order valence-corrected chi connectivity index (χ1v) is 14.2. The summed E-state index contributed by atoms with van der Waals surface area (Å²) in [5.74, 6) is -0.526. The van der Waals surface area contributed by atoms with Crippen LogP contribution in [-0.4, -0.2) is 76.2 Å². The molecule has 9 nitrogen and oxygen atoms in total. The number of piperazine rings is 1. The van der Waals surface area contributed by atoms with Crippen LogP contribution in [0.4, 0.5) is 5.69 Å². The molecule has 1 spiro atoms. The highest BCUT2D eigenvalue weighted by Gasteiger charge is 2.55. The van der Waals surface area contributed by atoms with E-state index in [0.29, 0.717) is 51.0 Å². The van der Waals surface area contributed by atoms with E-state index in [-0.39, 0.29) is 42.5 Å². The summed E-state index contributed by atoms with van der Waals surface area (Å²) in [6.45, 7) is 4.67. The van der Waals surface area contributed by atoms with E-state index in [1.54, 1.807) is 4.90 Å². The summed E-state index contributed by atoms with van der Waals surface area (Å²) in [4.78, 5) is 53.6. The van der Waals surface area contributed by atoms with Crippen LogP contribution in [0.2, 0.25) is 0 Å². The van der Waals surface area contributed by atoms with Crippen molar-refractivity contribution in [1.82, 2.24) is 15.1 Å². The lowest BCUT2D eigenvalue weighted by molar-refractivity contribution is -0.166.